The quantitative estimate of drug-likeness (QED) is 0.498. The lowest BCUT2D eigenvalue weighted by atomic mass is 9.95. The summed E-state index contributed by atoms with van der Waals surface area (Å²) in [6, 6.07) is -0.00583. The first-order chi connectivity index (χ1) is 4.20. The Morgan fingerprint density at radius 3 is 2.89 bits per heavy atom. The second kappa shape index (κ2) is 2.31. The first-order valence-corrected chi connectivity index (χ1v) is 3.21. The fraction of sp³-hybridized carbons (Fsp3) is 0.571. The maximum atomic E-state index is 7.32. The van der Waals surface area contributed by atoms with Crippen LogP contribution in [0.15, 0.2) is 11.6 Å². The molecule has 0 spiro atoms. The average Bonchev–Trinajstić information content (AvgIpc) is 1.80. The maximum Gasteiger partial charge on any atom is 0.0480 e. The van der Waals surface area contributed by atoms with Crippen LogP contribution in [0, 0.1) is 5.41 Å². The lowest BCUT2D eigenvalue weighted by molar-refractivity contribution is 0.727. The van der Waals surface area contributed by atoms with Crippen LogP contribution in [-0.2, 0) is 0 Å². The predicted molar refractivity (Wildman–Crippen MR) is 38.7 cm³/mol. The van der Waals surface area contributed by atoms with Gasteiger partial charge in [-0.05, 0) is 25.8 Å². The summed E-state index contributed by atoms with van der Waals surface area (Å²) in [6.45, 7) is 2.04. The summed E-state index contributed by atoms with van der Waals surface area (Å²) in [5.74, 6) is 0. The van der Waals surface area contributed by atoms with E-state index in [-0.39, 0.29) is 6.04 Å². The number of hydrogen-bond donors (Lipinski definition) is 2. The summed E-state index contributed by atoms with van der Waals surface area (Å²) in [5.41, 5.74) is 7.43. The van der Waals surface area contributed by atoms with E-state index in [0.717, 1.165) is 12.8 Å². The van der Waals surface area contributed by atoms with Gasteiger partial charge in [0.05, 0.1) is 0 Å². The summed E-state index contributed by atoms with van der Waals surface area (Å²) in [4.78, 5) is 0. The Balaban J connectivity index is 2.70. The highest BCUT2D eigenvalue weighted by Crippen LogP contribution is 2.12. The molecule has 1 atom stereocenters. The van der Waals surface area contributed by atoms with Crippen molar-refractivity contribution < 1.29 is 0 Å². The van der Waals surface area contributed by atoms with Crippen molar-refractivity contribution in [1.82, 2.24) is 0 Å². The Hall–Kier alpha value is -0.630. The molecule has 2 heteroatoms. The molecule has 0 aromatic heterocycles. The van der Waals surface area contributed by atoms with Gasteiger partial charge in [0.2, 0.25) is 0 Å². The van der Waals surface area contributed by atoms with E-state index in [4.69, 9.17) is 11.1 Å². The minimum atomic E-state index is -0.00583. The Morgan fingerprint density at radius 2 is 2.44 bits per heavy atom. The van der Waals surface area contributed by atoms with Crippen molar-refractivity contribution in [2.75, 3.05) is 0 Å². The first kappa shape index (κ1) is 6.49. The van der Waals surface area contributed by atoms with Crippen molar-refractivity contribution in [2.45, 2.75) is 25.8 Å². The average molecular weight is 124 g/mol. The third kappa shape index (κ3) is 1.39. The number of nitrogens with two attached hydrogens (primary N) is 1. The third-order valence-corrected chi connectivity index (χ3v) is 1.65. The highest BCUT2D eigenvalue weighted by Gasteiger charge is 2.11. The minimum Gasteiger partial charge on any atom is -0.323 e. The molecular weight excluding hydrogens is 112 g/mol. The van der Waals surface area contributed by atoms with E-state index in [2.05, 4.69) is 0 Å². The molecule has 1 unspecified atom stereocenters. The monoisotopic (exact) mass is 124 g/mol. The topological polar surface area (TPSA) is 49.9 Å². The summed E-state index contributed by atoms with van der Waals surface area (Å²) >= 11 is 0. The summed E-state index contributed by atoms with van der Waals surface area (Å²) in [6.07, 6.45) is 3.87. The predicted octanol–water partition coefficient (Wildman–Crippen LogP) is 1.07. The molecule has 1 rings (SSSR count). The Labute approximate surface area is 55.3 Å². The highest BCUT2D eigenvalue weighted by atomic mass is 14.7. The SMILES string of the molecule is CC1=CC(=N)C(N)CC1. The van der Waals surface area contributed by atoms with Gasteiger partial charge in [0, 0.05) is 11.8 Å². The lowest BCUT2D eigenvalue weighted by Gasteiger charge is -2.16. The van der Waals surface area contributed by atoms with Gasteiger partial charge in [-0.2, -0.15) is 0 Å². The van der Waals surface area contributed by atoms with Gasteiger partial charge in [-0.1, -0.05) is 5.57 Å². The van der Waals surface area contributed by atoms with Crippen LogP contribution in [0.3, 0.4) is 0 Å². The number of nitrogens with one attached hydrogen (secondary N) is 1. The van der Waals surface area contributed by atoms with Crippen molar-refractivity contribution in [3.05, 3.63) is 11.6 Å². The van der Waals surface area contributed by atoms with Crippen LogP contribution >= 0.6 is 0 Å². The van der Waals surface area contributed by atoms with Crippen molar-refractivity contribution in [3.8, 4) is 0 Å². The molecule has 50 valence electrons. The molecule has 0 bridgehead atoms. The fourth-order valence-corrected chi connectivity index (χ4v) is 0.983. The van der Waals surface area contributed by atoms with Crippen LogP contribution < -0.4 is 5.73 Å². The van der Waals surface area contributed by atoms with Crippen molar-refractivity contribution in [3.63, 3.8) is 0 Å². The lowest BCUT2D eigenvalue weighted by Crippen LogP contribution is -2.30. The normalized spacial score (nSPS) is 28.0. The molecule has 1 aliphatic carbocycles. The van der Waals surface area contributed by atoms with Gasteiger partial charge in [0.15, 0.2) is 0 Å². The second-order valence-corrected chi connectivity index (χ2v) is 2.59. The maximum absolute atomic E-state index is 7.32. The van der Waals surface area contributed by atoms with Gasteiger partial charge in [-0.3, -0.25) is 0 Å². The van der Waals surface area contributed by atoms with E-state index in [0.29, 0.717) is 5.71 Å². The molecule has 0 radical (unpaired) electrons. The highest BCUT2D eigenvalue weighted by molar-refractivity contribution is 5.97. The van der Waals surface area contributed by atoms with E-state index in [1.165, 1.54) is 5.57 Å². The van der Waals surface area contributed by atoms with Gasteiger partial charge in [-0.15, -0.1) is 0 Å². The zero-order valence-electron chi connectivity index (χ0n) is 5.65. The molecule has 9 heavy (non-hydrogen) atoms. The standard InChI is InChI=1S/C7H12N2/c1-5-2-3-6(8)7(9)4-5/h4,6,9H,2-3,8H2,1H3. The zero-order valence-corrected chi connectivity index (χ0v) is 5.65. The van der Waals surface area contributed by atoms with Crippen LogP contribution in [-0.4, -0.2) is 11.8 Å². The van der Waals surface area contributed by atoms with Crippen molar-refractivity contribution >= 4 is 5.71 Å². The summed E-state index contributed by atoms with van der Waals surface area (Å²) < 4.78 is 0. The van der Waals surface area contributed by atoms with E-state index < -0.39 is 0 Å². The van der Waals surface area contributed by atoms with Crippen LogP contribution in [0.1, 0.15) is 19.8 Å². The third-order valence-electron chi connectivity index (χ3n) is 1.65. The molecule has 0 aromatic rings. The first-order valence-electron chi connectivity index (χ1n) is 3.21. The molecule has 0 aliphatic heterocycles. The molecule has 0 saturated heterocycles. The number of allylic oxidation sites excluding steroid dienone is 1. The minimum absolute atomic E-state index is 0.00583. The van der Waals surface area contributed by atoms with E-state index >= 15 is 0 Å². The number of hydrogen-bond acceptors (Lipinski definition) is 2. The molecule has 3 N–H and O–H groups in total. The zero-order chi connectivity index (χ0) is 6.85. The Morgan fingerprint density at radius 1 is 1.78 bits per heavy atom. The largest absolute Gasteiger partial charge is 0.323 e. The van der Waals surface area contributed by atoms with E-state index in [1.54, 1.807) is 0 Å². The van der Waals surface area contributed by atoms with Crippen LogP contribution in [0.25, 0.3) is 0 Å². The van der Waals surface area contributed by atoms with E-state index in [9.17, 15) is 0 Å². The van der Waals surface area contributed by atoms with E-state index in [1.807, 2.05) is 13.0 Å². The molecule has 0 saturated carbocycles. The van der Waals surface area contributed by atoms with Gasteiger partial charge in [-0.25, -0.2) is 0 Å². The van der Waals surface area contributed by atoms with Crippen LogP contribution in [0.2, 0.25) is 0 Å². The Bertz CT molecular complexity index is 158. The van der Waals surface area contributed by atoms with Gasteiger partial charge in [0.1, 0.15) is 0 Å². The smallest absolute Gasteiger partial charge is 0.0480 e. The Kier molecular flexibility index (Phi) is 1.67. The van der Waals surface area contributed by atoms with Gasteiger partial charge in [0.25, 0.3) is 0 Å². The van der Waals surface area contributed by atoms with Gasteiger partial charge < -0.3 is 11.1 Å². The van der Waals surface area contributed by atoms with Crippen molar-refractivity contribution in [1.29, 1.82) is 5.41 Å². The summed E-state index contributed by atoms with van der Waals surface area (Å²) in [5, 5.41) is 7.32. The molecule has 0 aromatic carbocycles. The number of rotatable bonds is 0. The molecule has 1 aliphatic rings. The van der Waals surface area contributed by atoms with Crippen LogP contribution in [0.4, 0.5) is 0 Å². The molecule has 2 nitrogen and oxygen atoms in total. The van der Waals surface area contributed by atoms with Crippen molar-refractivity contribution in [2.24, 2.45) is 5.73 Å². The second-order valence-electron chi connectivity index (χ2n) is 2.59. The fourth-order valence-electron chi connectivity index (χ4n) is 0.983. The van der Waals surface area contributed by atoms with Crippen LogP contribution in [0.5, 0.6) is 0 Å². The molecule has 0 heterocycles. The molecular formula is C7H12N2. The molecule has 0 fully saturated rings. The summed E-state index contributed by atoms with van der Waals surface area (Å²) in [7, 11) is 0. The van der Waals surface area contributed by atoms with Gasteiger partial charge >= 0.3 is 0 Å². The molecule has 0 amide bonds.